The van der Waals surface area contributed by atoms with E-state index >= 15 is 0 Å². The zero-order valence-electron chi connectivity index (χ0n) is 14.4. The summed E-state index contributed by atoms with van der Waals surface area (Å²) in [6.45, 7) is -0.878. The molecule has 3 rings (SSSR count). The van der Waals surface area contributed by atoms with Crippen molar-refractivity contribution in [3.05, 3.63) is 51.2 Å². The van der Waals surface area contributed by atoms with Crippen LogP contribution >= 0.6 is 0 Å². The van der Waals surface area contributed by atoms with Crippen LogP contribution in [-0.4, -0.2) is 25.6 Å². The molecule has 0 radical (unpaired) electrons. The van der Waals surface area contributed by atoms with Gasteiger partial charge in [-0.25, -0.2) is 18.8 Å². The molecular formula is C16H13F6N3O4. The van der Waals surface area contributed by atoms with Crippen molar-refractivity contribution in [1.29, 1.82) is 0 Å². The average molecular weight is 425 g/mol. The van der Waals surface area contributed by atoms with Gasteiger partial charge in [0.2, 0.25) is 0 Å². The number of ether oxygens (including phenoxy) is 1. The van der Waals surface area contributed by atoms with E-state index in [1.54, 1.807) is 0 Å². The lowest BCUT2D eigenvalue weighted by Crippen LogP contribution is -2.33. The second-order valence-corrected chi connectivity index (χ2v) is 6.32. The Kier molecular flexibility index (Phi) is 5.09. The van der Waals surface area contributed by atoms with E-state index in [1.165, 1.54) is 0 Å². The van der Waals surface area contributed by atoms with E-state index in [9.17, 15) is 35.9 Å². The predicted molar refractivity (Wildman–Crippen MR) is 83.1 cm³/mol. The lowest BCUT2D eigenvalue weighted by molar-refractivity contribution is -0.141. The molecule has 1 N–H and O–H groups in total. The molecule has 7 nitrogen and oxygen atoms in total. The first kappa shape index (κ1) is 20.7. The molecular weight excluding hydrogens is 412 g/mol. The molecule has 1 aromatic heterocycles. The summed E-state index contributed by atoms with van der Waals surface area (Å²) in [5, 5.41) is 12.6. The van der Waals surface area contributed by atoms with Crippen LogP contribution in [0.2, 0.25) is 0 Å². The lowest BCUT2D eigenvalue weighted by atomic mass is 10.0. The van der Waals surface area contributed by atoms with Gasteiger partial charge in [-0.3, -0.25) is 0 Å². The molecule has 0 bridgehead atoms. The summed E-state index contributed by atoms with van der Waals surface area (Å²) < 4.78 is 84.6. The van der Waals surface area contributed by atoms with Crippen molar-refractivity contribution in [2.45, 2.75) is 44.4 Å². The summed E-state index contributed by atoms with van der Waals surface area (Å²) in [5.74, 6) is 0.0769. The summed E-state index contributed by atoms with van der Waals surface area (Å²) >= 11 is 0. The molecule has 0 saturated carbocycles. The van der Waals surface area contributed by atoms with Crippen molar-refractivity contribution in [2.24, 2.45) is 0 Å². The Morgan fingerprint density at radius 3 is 2.48 bits per heavy atom. The number of halogens is 6. The monoisotopic (exact) mass is 425 g/mol. The van der Waals surface area contributed by atoms with Gasteiger partial charge in [-0.2, -0.15) is 31.4 Å². The minimum Gasteiger partial charge on any atom is -0.450 e. The maximum Gasteiger partial charge on any atom is 0.507 e. The summed E-state index contributed by atoms with van der Waals surface area (Å²) in [5.41, 5.74) is -4.40. The van der Waals surface area contributed by atoms with Crippen molar-refractivity contribution in [3.63, 3.8) is 0 Å². The quantitative estimate of drug-likeness (QED) is 0.599. The minimum absolute atomic E-state index is 0.0769. The largest absolute Gasteiger partial charge is 0.507 e. The number of hydrogen-bond donors (Lipinski definition) is 1. The third-order valence-corrected chi connectivity index (χ3v) is 4.38. The zero-order chi connectivity index (χ0) is 21.6. The summed E-state index contributed by atoms with van der Waals surface area (Å²) in [6, 6.07) is 0.929. The van der Waals surface area contributed by atoms with Gasteiger partial charge < -0.3 is 9.84 Å². The molecule has 29 heavy (non-hydrogen) atoms. The van der Waals surface area contributed by atoms with E-state index in [-0.39, 0.29) is 18.7 Å². The highest BCUT2D eigenvalue weighted by molar-refractivity contribution is 5.56. The highest BCUT2D eigenvalue weighted by atomic mass is 19.4. The molecule has 1 aliphatic rings. The van der Waals surface area contributed by atoms with Crippen molar-refractivity contribution < 1.29 is 41.0 Å². The molecule has 1 atom stereocenters. The number of rotatable bonds is 3. The molecule has 0 aliphatic carbocycles. The molecule has 2 heterocycles. The first-order chi connectivity index (χ1) is 13.4. The third-order valence-electron chi connectivity index (χ3n) is 4.38. The van der Waals surface area contributed by atoms with Crippen LogP contribution in [0.5, 0.6) is 0 Å². The lowest BCUT2D eigenvalue weighted by Gasteiger charge is -2.21. The van der Waals surface area contributed by atoms with E-state index < -0.39 is 53.7 Å². The fourth-order valence-electron chi connectivity index (χ4n) is 3.16. The van der Waals surface area contributed by atoms with Crippen LogP contribution in [0.3, 0.4) is 0 Å². The predicted octanol–water partition coefficient (Wildman–Crippen LogP) is 3.66. The van der Waals surface area contributed by atoms with E-state index in [4.69, 9.17) is 5.11 Å². The van der Waals surface area contributed by atoms with E-state index in [0.29, 0.717) is 29.3 Å². The van der Waals surface area contributed by atoms with Gasteiger partial charge in [-0.1, -0.05) is 0 Å². The number of benzene rings is 1. The highest BCUT2D eigenvalue weighted by Gasteiger charge is 2.37. The second kappa shape index (κ2) is 7.12. The van der Waals surface area contributed by atoms with Crippen LogP contribution in [0.25, 0.3) is 0 Å². The molecule has 1 unspecified atom stereocenters. The first-order valence-corrected chi connectivity index (χ1v) is 8.23. The van der Waals surface area contributed by atoms with E-state index in [1.807, 2.05) is 0 Å². The standard InChI is InChI=1S/C16H13F6N3O4/c17-15(18,19)9-4-5-10(16(20,21)22)8(6-9)7-24-13(26)25-11(23-24)2-1-3-12(25)29-14(27)28/h4-6,12H,1-3,7H2,(H,27,28). The van der Waals surface area contributed by atoms with Gasteiger partial charge in [0.05, 0.1) is 17.7 Å². The minimum atomic E-state index is -4.95. The fraction of sp³-hybridized carbons (Fsp3) is 0.438. The normalized spacial score (nSPS) is 17.1. The Morgan fingerprint density at radius 1 is 1.21 bits per heavy atom. The third kappa shape index (κ3) is 4.22. The highest BCUT2D eigenvalue weighted by Crippen LogP contribution is 2.36. The number of carbonyl (C=O) groups is 1. The first-order valence-electron chi connectivity index (χ1n) is 8.23. The van der Waals surface area contributed by atoms with Crippen LogP contribution in [0.4, 0.5) is 31.1 Å². The number of hydrogen-bond acceptors (Lipinski definition) is 4. The molecule has 1 aromatic carbocycles. The maximum absolute atomic E-state index is 13.2. The molecule has 13 heteroatoms. The van der Waals surface area contributed by atoms with Crippen LogP contribution in [0.1, 0.15) is 41.6 Å². The van der Waals surface area contributed by atoms with Gasteiger partial charge in [0.15, 0.2) is 6.23 Å². The number of aromatic nitrogens is 3. The van der Waals surface area contributed by atoms with Crippen molar-refractivity contribution in [2.75, 3.05) is 0 Å². The summed E-state index contributed by atoms with van der Waals surface area (Å²) in [7, 11) is 0. The van der Waals surface area contributed by atoms with E-state index in [2.05, 4.69) is 9.84 Å². The Hall–Kier alpha value is -2.99. The number of nitrogens with zero attached hydrogens (tertiary/aromatic N) is 3. The summed E-state index contributed by atoms with van der Waals surface area (Å²) in [6.07, 6.45) is -11.9. The molecule has 0 amide bonds. The Balaban J connectivity index is 2.06. The molecule has 0 fully saturated rings. The van der Waals surface area contributed by atoms with Crippen molar-refractivity contribution in [3.8, 4) is 0 Å². The van der Waals surface area contributed by atoms with Gasteiger partial charge in [0.1, 0.15) is 5.82 Å². The molecule has 0 spiro atoms. The fourth-order valence-corrected chi connectivity index (χ4v) is 3.16. The summed E-state index contributed by atoms with van der Waals surface area (Å²) in [4.78, 5) is 23.3. The average Bonchev–Trinajstić information content (AvgIpc) is 2.89. The van der Waals surface area contributed by atoms with Crippen LogP contribution in [-0.2, 0) is 30.1 Å². The molecule has 1 aliphatic heterocycles. The van der Waals surface area contributed by atoms with Gasteiger partial charge in [0.25, 0.3) is 0 Å². The number of aryl methyl sites for hydroxylation is 1. The number of alkyl halides is 6. The van der Waals surface area contributed by atoms with Crippen LogP contribution in [0, 0.1) is 0 Å². The van der Waals surface area contributed by atoms with Crippen molar-refractivity contribution in [1.82, 2.24) is 14.3 Å². The van der Waals surface area contributed by atoms with Gasteiger partial charge >= 0.3 is 24.2 Å². The Morgan fingerprint density at radius 2 is 1.90 bits per heavy atom. The molecule has 0 saturated heterocycles. The van der Waals surface area contributed by atoms with Crippen LogP contribution < -0.4 is 5.69 Å². The van der Waals surface area contributed by atoms with Gasteiger partial charge in [-0.15, -0.1) is 0 Å². The Bertz CT molecular complexity index is 992. The molecule has 158 valence electrons. The zero-order valence-corrected chi connectivity index (χ0v) is 14.4. The Labute approximate surface area is 158 Å². The smallest absolute Gasteiger partial charge is 0.450 e. The van der Waals surface area contributed by atoms with E-state index in [0.717, 1.165) is 4.57 Å². The number of carboxylic acid groups (broad SMARTS) is 1. The maximum atomic E-state index is 13.2. The topological polar surface area (TPSA) is 86.3 Å². The molecule has 2 aromatic rings. The van der Waals surface area contributed by atoms with Gasteiger partial charge in [0, 0.05) is 12.8 Å². The van der Waals surface area contributed by atoms with Crippen molar-refractivity contribution >= 4 is 6.16 Å². The SMILES string of the molecule is O=C(O)OC1CCCc2nn(Cc3cc(C(F)(F)F)ccc3C(F)(F)F)c(=O)n21. The second-order valence-electron chi connectivity index (χ2n) is 6.32. The van der Waals surface area contributed by atoms with Gasteiger partial charge in [-0.05, 0) is 30.2 Å². The van der Waals surface area contributed by atoms with Crippen LogP contribution in [0.15, 0.2) is 23.0 Å². The number of fused-ring (bicyclic) bond motifs is 1.